The Morgan fingerprint density at radius 3 is 2.09 bits per heavy atom. The van der Waals surface area contributed by atoms with Crippen molar-refractivity contribution in [3.8, 4) is 22.3 Å². The summed E-state index contributed by atoms with van der Waals surface area (Å²) >= 11 is 0. The van der Waals surface area contributed by atoms with E-state index in [0.29, 0.717) is 17.3 Å². The Balaban J connectivity index is 1.04. The molecule has 0 saturated heterocycles. The smallest absolute Gasteiger partial charge is 0.185 e. The first-order chi connectivity index (χ1) is 26.7. The highest BCUT2D eigenvalue weighted by Gasteiger charge is 2.23. The van der Waals surface area contributed by atoms with Gasteiger partial charge in [0, 0.05) is 38.2 Å². The third-order valence-electron chi connectivity index (χ3n) is 10.4. The molecule has 1 aliphatic heterocycles. The van der Waals surface area contributed by atoms with Gasteiger partial charge in [0.1, 0.15) is 28.8 Å². The number of fused-ring (bicyclic) bond motifs is 7. The van der Waals surface area contributed by atoms with Gasteiger partial charge in [-0.25, -0.2) is 9.98 Å². The Hall–Kier alpha value is -7.42. The summed E-state index contributed by atoms with van der Waals surface area (Å²) in [6.07, 6.45) is -0.427. The van der Waals surface area contributed by atoms with Crippen LogP contribution in [0.2, 0.25) is 0 Å². The number of hydrogen-bond acceptors (Lipinski definition) is 5. The van der Waals surface area contributed by atoms with Gasteiger partial charge in [-0.15, -0.1) is 0 Å². The molecule has 1 aliphatic rings. The van der Waals surface area contributed by atoms with Gasteiger partial charge in [0.25, 0.3) is 0 Å². The van der Waals surface area contributed by atoms with Crippen LogP contribution in [0, 0.1) is 12.1 Å². The second-order valence-corrected chi connectivity index (χ2v) is 13.6. The lowest BCUT2D eigenvalue weighted by molar-refractivity contribution is 0.668. The summed E-state index contributed by atoms with van der Waals surface area (Å²) in [4.78, 5) is 10.4. The van der Waals surface area contributed by atoms with E-state index in [1.165, 1.54) is 5.39 Å². The summed E-state index contributed by atoms with van der Waals surface area (Å²) in [5.41, 5.74) is 10.2. The maximum atomic E-state index is 6.43. The zero-order valence-electron chi connectivity index (χ0n) is 28.9. The van der Waals surface area contributed by atoms with Crippen LogP contribution >= 0.6 is 0 Å². The molecule has 1 N–H and O–H groups in total. The summed E-state index contributed by atoms with van der Waals surface area (Å²) in [7, 11) is 0. The van der Waals surface area contributed by atoms with E-state index in [9.17, 15) is 0 Å². The van der Waals surface area contributed by atoms with Crippen LogP contribution in [0.1, 0.15) is 22.9 Å². The number of para-hydroxylation sites is 3. The van der Waals surface area contributed by atoms with Crippen molar-refractivity contribution in [3.05, 3.63) is 193 Å². The Morgan fingerprint density at radius 1 is 0.500 bits per heavy atom. The van der Waals surface area contributed by atoms with Gasteiger partial charge in [-0.3, -0.25) is 0 Å². The molecule has 0 radical (unpaired) electrons. The minimum absolute atomic E-state index is 0.427. The number of benzene rings is 7. The van der Waals surface area contributed by atoms with Crippen LogP contribution in [0.25, 0.3) is 76.9 Å². The lowest BCUT2D eigenvalue weighted by Crippen LogP contribution is -2.33. The van der Waals surface area contributed by atoms with Crippen molar-refractivity contribution >= 4 is 66.3 Å². The maximum Gasteiger partial charge on any atom is 0.185 e. The third kappa shape index (κ3) is 4.97. The normalized spacial score (nSPS) is 14.3. The quantitative estimate of drug-likeness (QED) is 0.195. The molecule has 5 nitrogen and oxygen atoms in total. The van der Waals surface area contributed by atoms with Gasteiger partial charge in [0.2, 0.25) is 0 Å². The molecule has 8 aromatic carbocycles. The topological polar surface area (TPSA) is 63.0 Å². The first kappa shape index (κ1) is 30.2. The number of rotatable bonds is 5. The summed E-state index contributed by atoms with van der Waals surface area (Å²) in [5.74, 6) is 1.30. The third-order valence-corrected chi connectivity index (χ3v) is 10.4. The van der Waals surface area contributed by atoms with Crippen molar-refractivity contribution in [2.45, 2.75) is 6.17 Å². The molecule has 0 bridgehead atoms. The number of nitrogens with one attached hydrogen (secondary N) is 1. The van der Waals surface area contributed by atoms with Crippen LogP contribution in [-0.2, 0) is 0 Å². The first-order valence-electron chi connectivity index (χ1n) is 18.0. The fourth-order valence-electron chi connectivity index (χ4n) is 7.72. The molecule has 54 heavy (non-hydrogen) atoms. The van der Waals surface area contributed by atoms with Crippen molar-refractivity contribution in [2.24, 2.45) is 9.98 Å². The predicted molar refractivity (Wildman–Crippen MR) is 219 cm³/mol. The van der Waals surface area contributed by atoms with Crippen LogP contribution in [0.4, 0.5) is 0 Å². The average Bonchev–Trinajstić information content (AvgIpc) is 3.82. The lowest BCUT2D eigenvalue weighted by atomic mass is 9.99. The summed E-state index contributed by atoms with van der Waals surface area (Å²) in [5, 5.41) is 10.1. The van der Waals surface area contributed by atoms with Gasteiger partial charge < -0.3 is 14.2 Å². The Morgan fingerprint density at radius 2 is 1.20 bits per heavy atom. The van der Waals surface area contributed by atoms with Crippen molar-refractivity contribution < 1.29 is 8.83 Å². The van der Waals surface area contributed by atoms with E-state index in [-0.39, 0.29) is 0 Å². The molecule has 5 heteroatoms. The molecule has 1 unspecified atom stereocenters. The maximum absolute atomic E-state index is 6.43. The number of amidine groups is 2. The highest BCUT2D eigenvalue weighted by Crippen LogP contribution is 2.38. The average molecular weight is 692 g/mol. The highest BCUT2D eigenvalue weighted by atomic mass is 16.3. The van der Waals surface area contributed by atoms with Crippen LogP contribution < -0.4 is 5.32 Å². The Bertz CT molecular complexity index is 3150. The van der Waals surface area contributed by atoms with E-state index in [1.807, 2.05) is 36.4 Å². The van der Waals surface area contributed by atoms with Crippen LogP contribution in [-0.4, -0.2) is 11.7 Å². The summed E-state index contributed by atoms with van der Waals surface area (Å²) in [6.45, 7) is 0. The monoisotopic (exact) mass is 691 g/mol. The van der Waals surface area contributed by atoms with E-state index in [0.717, 1.165) is 82.6 Å². The van der Waals surface area contributed by atoms with Gasteiger partial charge in [-0.05, 0) is 57.8 Å². The molecule has 0 aliphatic carbocycles. The predicted octanol–water partition coefficient (Wildman–Crippen LogP) is 12.1. The summed E-state index contributed by atoms with van der Waals surface area (Å²) in [6, 6.07) is 63.1. The molecular weight excluding hydrogens is 663 g/mol. The van der Waals surface area contributed by atoms with Gasteiger partial charge in [-0.1, -0.05) is 146 Å². The fraction of sp³-hybridized carbons (Fsp3) is 0.0204. The van der Waals surface area contributed by atoms with E-state index in [1.54, 1.807) is 0 Å². The van der Waals surface area contributed by atoms with Gasteiger partial charge in [-0.2, -0.15) is 0 Å². The zero-order valence-corrected chi connectivity index (χ0v) is 28.9. The van der Waals surface area contributed by atoms with Crippen molar-refractivity contribution in [1.29, 1.82) is 0 Å². The number of nitrogens with zero attached hydrogens (tertiary/aromatic N) is 2. The number of furan rings is 2. The van der Waals surface area contributed by atoms with Crippen molar-refractivity contribution in [1.82, 2.24) is 5.32 Å². The lowest BCUT2D eigenvalue weighted by Gasteiger charge is -2.23. The van der Waals surface area contributed by atoms with E-state index >= 15 is 0 Å². The SMILES string of the molecule is c1c(C2=NC(c3ccc4ccccc4c3)=NC(c3cccc(-c4cccc5c4oc4ccccc45)c3)N2)cc2c(c#1)oc1c(-c3ccccc3)cccc12. The molecular formula is C49H29N3O2. The molecule has 10 aromatic rings. The molecule has 0 fully saturated rings. The largest absolute Gasteiger partial charge is 0.455 e. The minimum Gasteiger partial charge on any atom is -0.455 e. The Kier molecular flexibility index (Phi) is 6.76. The molecule has 0 spiro atoms. The van der Waals surface area contributed by atoms with Crippen LogP contribution in [0.3, 0.4) is 0 Å². The standard InChI is InChI=1S/C49H29N3O2/c1-2-12-31(13-3-1)37-18-9-21-41-42-29-36(25-26-44(42)54-45(37)41)49-51-47(50-48(52-49)35-24-23-30-11-4-5-14-32(30)27-35)34-16-8-15-33(28-34)38-19-10-20-40-39-17-6-7-22-43(39)53-46(38)40/h1-24,27-29,47H,(H,50,51,52). The fourth-order valence-corrected chi connectivity index (χ4v) is 7.72. The van der Waals surface area contributed by atoms with Gasteiger partial charge in [0.05, 0.1) is 5.56 Å². The molecule has 0 saturated carbocycles. The molecule has 3 heterocycles. The minimum atomic E-state index is -0.427. The molecule has 252 valence electrons. The van der Waals surface area contributed by atoms with Crippen LogP contribution in [0.5, 0.6) is 0 Å². The van der Waals surface area contributed by atoms with Gasteiger partial charge in [0.15, 0.2) is 11.4 Å². The van der Waals surface area contributed by atoms with Crippen molar-refractivity contribution in [2.75, 3.05) is 0 Å². The second kappa shape index (κ2) is 12.1. The second-order valence-electron chi connectivity index (χ2n) is 13.6. The molecule has 1 atom stereocenters. The molecule has 11 rings (SSSR count). The molecule has 2 aromatic heterocycles. The highest BCUT2D eigenvalue weighted by molar-refractivity contribution is 6.16. The van der Waals surface area contributed by atoms with E-state index < -0.39 is 6.17 Å². The molecule has 0 amide bonds. The van der Waals surface area contributed by atoms with Crippen molar-refractivity contribution in [3.63, 3.8) is 0 Å². The van der Waals surface area contributed by atoms with E-state index in [4.69, 9.17) is 18.8 Å². The Labute approximate surface area is 310 Å². The zero-order chi connectivity index (χ0) is 35.6. The van der Waals surface area contributed by atoms with E-state index in [2.05, 4.69) is 145 Å². The summed E-state index contributed by atoms with van der Waals surface area (Å²) < 4.78 is 12.9. The number of aliphatic imine (C=N–C) groups is 2. The first-order valence-corrected chi connectivity index (χ1v) is 18.0. The van der Waals surface area contributed by atoms with Crippen LogP contribution in [0.15, 0.2) is 183 Å². The van der Waals surface area contributed by atoms with Gasteiger partial charge >= 0.3 is 0 Å². The number of hydrogen-bond donors (Lipinski definition) is 1.